The molecule has 140 valence electrons. The number of nitrogens with zero attached hydrogens (tertiary/aromatic N) is 2. The second-order valence-corrected chi connectivity index (χ2v) is 6.50. The fraction of sp³-hybridized carbons (Fsp3) is 0.471. The smallest absolute Gasteiger partial charge is 0.394 e. The van der Waals surface area contributed by atoms with Gasteiger partial charge in [-0.05, 0) is 24.6 Å². The van der Waals surface area contributed by atoms with Crippen molar-refractivity contribution in [3.63, 3.8) is 0 Å². The van der Waals surface area contributed by atoms with E-state index in [4.69, 9.17) is 5.11 Å². The van der Waals surface area contributed by atoms with Crippen LogP contribution in [0.2, 0.25) is 0 Å². The first-order valence-corrected chi connectivity index (χ1v) is 8.17. The van der Waals surface area contributed by atoms with E-state index in [0.717, 1.165) is 4.90 Å². The van der Waals surface area contributed by atoms with Gasteiger partial charge in [0.1, 0.15) is 0 Å². The van der Waals surface area contributed by atoms with E-state index in [-0.39, 0.29) is 11.5 Å². The Kier molecular flexibility index (Phi) is 4.64. The number of carbonyl (C=O) groups is 3. The van der Waals surface area contributed by atoms with Gasteiger partial charge in [0.05, 0.1) is 11.8 Å². The molecule has 0 spiro atoms. The third-order valence-electron chi connectivity index (χ3n) is 4.82. The molecule has 0 saturated carbocycles. The van der Waals surface area contributed by atoms with Crippen molar-refractivity contribution in [3.05, 3.63) is 29.8 Å². The fourth-order valence-corrected chi connectivity index (χ4v) is 3.46. The van der Waals surface area contributed by atoms with Gasteiger partial charge in [0.2, 0.25) is 5.91 Å². The van der Waals surface area contributed by atoms with Crippen LogP contribution in [-0.2, 0) is 9.59 Å². The Balaban J connectivity index is 1.81. The number of alkyl halides is 3. The van der Waals surface area contributed by atoms with Crippen LogP contribution in [0.4, 0.5) is 18.9 Å². The predicted octanol–water partition coefficient (Wildman–Crippen LogP) is 2.15. The van der Waals surface area contributed by atoms with Gasteiger partial charge < -0.3 is 14.9 Å². The average Bonchev–Trinajstić information content (AvgIpc) is 3.20. The standard InChI is InChI=1S/C17H17F3N2O4/c18-17(19,20)13-9-21(8-12(13)16(25)26)15(24)10-3-1-4-11(7-10)22-6-2-5-14(22)23/h1,3-4,7,12-13H,2,5-6,8-9H2,(H,25,26)/t12-,13-/m1/s1. The van der Waals surface area contributed by atoms with Crippen LogP contribution in [0, 0.1) is 11.8 Å². The van der Waals surface area contributed by atoms with Gasteiger partial charge in [-0.25, -0.2) is 0 Å². The lowest BCUT2D eigenvalue weighted by molar-refractivity contribution is -0.187. The molecule has 0 radical (unpaired) electrons. The minimum Gasteiger partial charge on any atom is -0.481 e. The fourth-order valence-electron chi connectivity index (χ4n) is 3.46. The summed E-state index contributed by atoms with van der Waals surface area (Å²) in [6, 6.07) is 6.12. The zero-order chi connectivity index (χ0) is 19.1. The van der Waals surface area contributed by atoms with E-state index in [1.807, 2.05) is 0 Å². The molecule has 3 rings (SSSR count). The third kappa shape index (κ3) is 3.38. The summed E-state index contributed by atoms with van der Waals surface area (Å²) in [7, 11) is 0. The summed E-state index contributed by atoms with van der Waals surface area (Å²) >= 11 is 0. The number of carboxylic acids is 1. The molecule has 2 saturated heterocycles. The van der Waals surface area contributed by atoms with Crippen molar-refractivity contribution in [2.75, 3.05) is 24.5 Å². The summed E-state index contributed by atoms with van der Waals surface area (Å²) in [5.41, 5.74) is 0.647. The van der Waals surface area contributed by atoms with Crippen LogP contribution in [0.3, 0.4) is 0 Å². The first-order chi connectivity index (χ1) is 12.2. The van der Waals surface area contributed by atoms with Gasteiger partial charge in [0, 0.05) is 37.3 Å². The summed E-state index contributed by atoms with van der Waals surface area (Å²) in [5.74, 6) is -6.08. The zero-order valence-electron chi connectivity index (χ0n) is 13.7. The number of rotatable bonds is 3. The van der Waals surface area contributed by atoms with Gasteiger partial charge in [-0.1, -0.05) is 6.07 Å². The highest BCUT2D eigenvalue weighted by atomic mass is 19.4. The number of amides is 2. The number of halogens is 3. The summed E-state index contributed by atoms with van der Waals surface area (Å²) in [6.07, 6.45) is -3.57. The molecule has 26 heavy (non-hydrogen) atoms. The highest BCUT2D eigenvalue weighted by Crippen LogP contribution is 2.38. The van der Waals surface area contributed by atoms with Crippen molar-refractivity contribution in [1.29, 1.82) is 0 Å². The second kappa shape index (κ2) is 6.62. The van der Waals surface area contributed by atoms with Gasteiger partial charge in [0.25, 0.3) is 5.91 Å². The largest absolute Gasteiger partial charge is 0.481 e. The molecular formula is C17H17F3N2O4. The molecule has 2 heterocycles. The van der Waals surface area contributed by atoms with Crippen molar-refractivity contribution in [2.45, 2.75) is 19.0 Å². The monoisotopic (exact) mass is 370 g/mol. The Labute approximate surface area is 147 Å². The number of hydrogen-bond acceptors (Lipinski definition) is 3. The van der Waals surface area contributed by atoms with Gasteiger partial charge in [-0.3, -0.25) is 14.4 Å². The first kappa shape index (κ1) is 18.2. The van der Waals surface area contributed by atoms with Gasteiger partial charge in [-0.15, -0.1) is 0 Å². The first-order valence-electron chi connectivity index (χ1n) is 8.17. The van der Waals surface area contributed by atoms with Crippen LogP contribution in [0.25, 0.3) is 0 Å². The van der Waals surface area contributed by atoms with Gasteiger partial charge >= 0.3 is 12.1 Å². The molecule has 0 unspecified atom stereocenters. The maximum atomic E-state index is 13.1. The molecular weight excluding hydrogens is 353 g/mol. The van der Waals surface area contributed by atoms with Crippen LogP contribution in [-0.4, -0.2) is 53.6 Å². The SMILES string of the molecule is O=C(O)[C@@H]1CN(C(=O)c2cccc(N3CCCC3=O)c2)C[C@H]1C(F)(F)F. The molecule has 0 aromatic heterocycles. The molecule has 1 N–H and O–H groups in total. The number of hydrogen-bond donors (Lipinski definition) is 1. The summed E-state index contributed by atoms with van der Waals surface area (Å²) < 4.78 is 39.2. The Morgan fingerprint density at radius 1 is 1.19 bits per heavy atom. The second-order valence-electron chi connectivity index (χ2n) is 6.50. The quantitative estimate of drug-likeness (QED) is 0.884. The Hall–Kier alpha value is -2.58. The summed E-state index contributed by atoms with van der Waals surface area (Å²) in [5, 5.41) is 9.05. The number of benzene rings is 1. The molecule has 2 amide bonds. The maximum absolute atomic E-state index is 13.1. The van der Waals surface area contributed by atoms with Crippen molar-refractivity contribution in [1.82, 2.24) is 4.90 Å². The lowest BCUT2D eigenvalue weighted by Crippen LogP contribution is -2.34. The molecule has 0 aliphatic carbocycles. The molecule has 6 nitrogen and oxygen atoms in total. The number of likely N-dealkylation sites (tertiary alicyclic amines) is 1. The summed E-state index contributed by atoms with van der Waals surface area (Å²) in [6.45, 7) is -0.658. The van der Waals surface area contributed by atoms with Crippen molar-refractivity contribution >= 4 is 23.5 Å². The van der Waals surface area contributed by atoms with Crippen LogP contribution < -0.4 is 4.90 Å². The van der Waals surface area contributed by atoms with E-state index in [1.54, 1.807) is 12.1 Å². The van der Waals surface area contributed by atoms with E-state index >= 15 is 0 Å². The van der Waals surface area contributed by atoms with Crippen LogP contribution in [0.1, 0.15) is 23.2 Å². The average molecular weight is 370 g/mol. The number of aliphatic carboxylic acids is 1. The lowest BCUT2D eigenvalue weighted by atomic mass is 9.96. The van der Waals surface area contributed by atoms with E-state index < -0.39 is 43.0 Å². The highest BCUT2D eigenvalue weighted by Gasteiger charge is 2.53. The molecule has 2 aliphatic heterocycles. The normalized spacial score (nSPS) is 23.6. The molecule has 2 fully saturated rings. The minimum atomic E-state index is -4.69. The molecule has 1 aromatic carbocycles. The Bertz CT molecular complexity index is 750. The Morgan fingerprint density at radius 2 is 1.92 bits per heavy atom. The van der Waals surface area contributed by atoms with Crippen LogP contribution in [0.15, 0.2) is 24.3 Å². The highest BCUT2D eigenvalue weighted by molar-refractivity contribution is 5.99. The van der Waals surface area contributed by atoms with E-state index in [2.05, 4.69) is 0 Å². The topological polar surface area (TPSA) is 77.9 Å². The lowest BCUT2D eigenvalue weighted by Gasteiger charge is -2.20. The molecule has 9 heteroatoms. The maximum Gasteiger partial charge on any atom is 0.394 e. The van der Waals surface area contributed by atoms with Gasteiger partial charge in [-0.2, -0.15) is 13.2 Å². The summed E-state index contributed by atoms with van der Waals surface area (Å²) in [4.78, 5) is 38.0. The molecule has 0 bridgehead atoms. The van der Waals surface area contributed by atoms with Crippen molar-refractivity contribution < 1.29 is 32.7 Å². The minimum absolute atomic E-state index is 0.0705. The molecule has 1 aromatic rings. The predicted molar refractivity (Wildman–Crippen MR) is 84.6 cm³/mol. The van der Waals surface area contributed by atoms with E-state index in [0.29, 0.717) is 25.1 Å². The van der Waals surface area contributed by atoms with Crippen molar-refractivity contribution in [2.24, 2.45) is 11.8 Å². The van der Waals surface area contributed by atoms with Crippen LogP contribution >= 0.6 is 0 Å². The van der Waals surface area contributed by atoms with E-state index in [9.17, 15) is 27.6 Å². The molecule has 2 aliphatic rings. The van der Waals surface area contributed by atoms with Gasteiger partial charge in [0.15, 0.2) is 0 Å². The van der Waals surface area contributed by atoms with Crippen molar-refractivity contribution in [3.8, 4) is 0 Å². The number of carbonyl (C=O) groups excluding carboxylic acids is 2. The Morgan fingerprint density at radius 3 is 2.46 bits per heavy atom. The number of carboxylic acid groups (broad SMARTS) is 1. The van der Waals surface area contributed by atoms with E-state index in [1.165, 1.54) is 17.0 Å². The number of anilines is 1. The molecule has 2 atom stereocenters. The zero-order valence-corrected chi connectivity index (χ0v) is 13.7. The third-order valence-corrected chi connectivity index (χ3v) is 4.82. The van der Waals surface area contributed by atoms with Crippen LogP contribution in [0.5, 0.6) is 0 Å².